The summed E-state index contributed by atoms with van der Waals surface area (Å²) in [5.41, 5.74) is 3.97. The molecule has 0 radical (unpaired) electrons. The first kappa shape index (κ1) is 22.1. The summed E-state index contributed by atoms with van der Waals surface area (Å²) in [6, 6.07) is 17.9. The van der Waals surface area contributed by atoms with Crippen LogP contribution in [0, 0.1) is 13.8 Å². The van der Waals surface area contributed by atoms with Crippen molar-refractivity contribution >= 4 is 5.69 Å². The number of anilines is 1. The van der Waals surface area contributed by atoms with Crippen molar-refractivity contribution in [3.63, 3.8) is 0 Å². The summed E-state index contributed by atoms with van der Waals surface area (Å²) >= 11 is 0. The van der Waals surface area contributed by atoms with Gasteiger partial charge in [-0.2, -0.15) is 0 Å². The normalized spacial score (nSPS) is 21.4. The molecule has 0 amide bonds. The van der Waals surface area contributed by atoms with Gasteiger partial charge in [-0.25, -0.2) is 0 Å². The smallest absolute Gasteiger partial charge is 0.119 e. The van der Waals surface area contributed by atoms with Crippen molar-refractivity contribution in [2.75, 3.05) is 77.5 Å². The number of rotatable bonds is 7. The van der Waals surface area contributed by atoms with Crippen molar-refractivity contribution < 1.29 is 4.74 Å². The standard InChI is InChI=1S/C26H38N4O/c1-22-4-8-24(9-5-22)30-17-12-27(3)25(21-30)20-29-15-13-28(14-16-29)18-19-31-26-10-6-23(2)7-11-26/h4-11,25H,12-21H2,1-3H3. The fraction of sp³-hybridized carbons (Fsp3) is 0.538. The predicted molar refractivity (Wildman–Crippen MR) is 129 cm³/mol. The van der Waals surface area contributed by atoms with Gasteiger partial charge >= 0.3 is 0 Å². The molecule has 31 heavy (non-hydrogen) atoms. The van der Waals surface area contributed by atoms with E-state index < -0.39 is 0 Å². The first-order valence-corrected chi connectivity index (χ1v) is 11.7. The van der Waals surface area contributed by atoms with Gasteiger partial charge in [0.15, 0.2) is 0 Å². The molecule has 0 saturated carbocycles. The highest BCUT2D eigenvalue weighted by Gasteiger charge is 2.27. The van der Waals surface area contributed by atoms with Crippen molar-refractivity contribution in [2.24, 2.45) is 0 Å². The maximum atomic E-state index is 5.92. The van der Waals surface area contributed by atoms with Crippen molar-refractivity contribution in [1.29, 1.82) is 0 Å². The zero-order chi connectivity index (χ0) is 21.6. The van der Waals surface area contributed by atoms with Gasteiger partial charge in [0, 0.05) is 70.6 Å². The molecule has 2 aromatic carbocycles. The molecule has 5 heteroatoms. The lowest BCUT2D eigenvalue weighted by atomic mass is 10.1. The van der Waals surface area contributed by atoms with Crippen molar-refractivity contribution in [1.82, 2.24) is 14.7 Å². The summed E-state index contributed by atoms with van der Waals surface area (Å²) in [5.74, 6) is 0.975. The Balaban J connectivity index is 1.19. The van der Waals surface area contributed by atoms with E-state index in [1.54, 1.807) is 0 Å². The number of hydrogen-bond donors (Lipinski definition) is 0. The van der Waals surface area contributed by atoms with Crippen LogP contribution in [0.5, 0.6) is 5.75 Å². The second kappa shape index (κ2) is 10.5. The minimum Gasteiger partial charge on any atom is -0.492 e. The van der Waals surface area contributed by atoms with Gasteiger partial charge in [-0.3, -0.25) is 14.7 Å². The molecule has 2 heterocycles. The minimum absolute atomic E-state index is 0.589. The second-order valence-corrected chi connectivity index (χ2v) is 9.22. The highest BCUT2D eigenvalue weighted by atomic mass is 16.5. The van der Waals surface area contributed by atoms with Gasteiger partial charge in [0.25, 0.3) is 0 Å². The topological polar surface area (TPSA) is 22.2 Å². The lowest BCUT2D eigenvalue weighted by Gasteiger charge is -2.44. The summed E-state index contributed by atoms with van der Waals surface area (Å²) in [4.78, 5) is 10.3. The van der Waals surface area contributed by atoms with Crippen LogP contribution in [0.15, 0.2) is 48.5 Å². The minimum atomic E-state index is 0.589. The summed E-state index contributed by atoms with van der Waals surface area (Å²) in [7, 11) is 2.29. The summed E-state index contributed by atoms with van der Waals surface area (Å²) in [6.45, 7) is 15.1. The van der Waals surface area contributed by atoms with Crippen molar-refractivity contribution in [3.05, 3.63) is 59.7 Å². The molecule has 2 aromatic rings. The van der Waals surface area contributed by atoms with Crippen LogP contribution in [0.25, 0.3) is 0 Å². The van der Waals surface area contributed by atoms with Gasteiger partial charge in [0.05, 0.1) is 0 Å². The van der Waals surface area contributed by atoms with Gasteiger partial charge in [-0.05, 0) is 45.2 Å². The van der Waals surface area contributed by atoms with E-state index in [4.69, 9.17) is 4.74 Å². The lowest BCUT2D eigenvalue weighted by Crippen LogP contribution is -2.58. The predicted octanol–water partition coefficient (Wildman–Crippen LogP) is 3.12. The van der Waals surface area contributed by atoms with Crippen LogP contribution < -0.4 is 9.64 Å². The Labute approximate surface area is 188 Å². The third kappa shape index (κ3) is 6.22. The largest absolute Gasteiger partial charge is 0.492 e. The highest BCUT2D eigenvalue weighted by molar-refractivity contribution is 5.48. The molecule has 1 atom stereocenters. The number of likely N-dealkylation sites (N-methyl/N-ethyl adjacent to an activating group) is 1. The third-order valence-corrected chi connectivity index (χ3v) is 6.81. The van der Waals surface area contributed by atoms with Gasteiger partial charge in [-0.15, -0.1) is 0 Å². The molecule has 5 nitrogen and oxygen atoms in total. The molecule has 2 saturated heterocycles. The van der Waals surface area contributed by atoms with Crippen LogP contribution in [-0.4, -0.2) is 93.3 Å². The maximum absolute atomic E-state index is 5.92. The Morgan fingerprint density at radius 1 is 0.774 bits per heavy atom. The van der Waals surface area contributed by atoms with Crippen LogP contribution >= 0.6 is 0 Å². The number of benzene rings is 2. The van der Waals surface area contributed by atoms with Gasteiger partial charge in [0.2, 0.25) is 0 Å². The molecule has 2 aliphatic rings. The number of piperazine rings is 2. The van der Waals surface area contributed by atoms with E-state index in [0.29, 0.717) is 6.04 Å². The second-order valence-electron chi connectivity index (χ2n) is 9.22. The Morgan fingerprint density at radius 3 is 2.06 bits per heavy atom. The van der Waals surface area contributed by atoms with Gasteiger partial charge < -0.3 is 9.64 Å². The van der Waals surface area contributed by atoms with E-state index in [9.17, 15) is 0 Å². The molecule has 168 valence electrons. The third-order valence-electron chi connectivity index (χ3n) is 6.81. The Morgan fingerprint density at radius 2 is 1.39 bits per heavy atom. The van der Waals surface area contributed by atoms with Gasteiger partial charge in [0.1, 0.15) is 12.4 Å². The molecule has 0 spiro atoms. The Kier molecular flexibility index (Phi) is 7.49. The van der Waals surface area contributed by atoms with Crippen LogP contribution in [-0.2, 0) is 0 Å². The Hall–Kier alpha value is -2.08. The number of hydrogen-bond acceptors (Lipinski definition) is 5. The number of nitrogens with zero attached hydrogens (tertiary/aromatic N) is 4. The molecule has 2 fully saturated rings. The van der Waals surface area contributed by atoms with Crippen molar-refractivity contribution in [3.8, 4) is 5.75 Å². The average molecular weight is 423 g/mol. The molecule has 2 aliphatic heterocycles. The fourth-order valence-electron chi connectivity index (χ4n) is 4.55. The van der Waals surface area contributed by atoms with Crippen LogP contribution in [0.4, 0.5) is 5.69 Å². The first-order chi connectivity index (χ1) is 15.1. The van der Waals surface area contributed by atoms with Crippen LogP contribution in [0.3, 0.4) is 0 Å². The van der Waals surface area contributed by atoms with E-state index in [2.05, 4.69) is 89.0 Å². The molecule has 0 aromatic heterocycles. The molecule has 0 N–H and O–H groups in total. The lowest BCUT2D eigenvalue weighted by molar-refractivity contribution is 0.0869. The first-order valence-electron chi connectivity index (χ1n) is 11.7. The van der Waals surface area contributed by atoms with E-state index in [1.165, 1.54) is 16.8 Å². The van der Waals surface area contributed by atoms with Gasteiger partial charge in [-0.1, -0.05) is 35.4 Å². The number of aryl methyl sites for hydroxylation is 2. The zero-order valence-corrected chi connectivity index (χ0v) is 19.5. The molecule has 1 unspecified atom stereocenters. The zero-order valence-electron chi connectivity index (χ0n) is 19.5. The van der Waals surface area contributed by atoms with Crippen molar-refractivity contribution in [2.45, 2.75) is 19.9 Å². The molecular formula is C26H38N4O. The summed E-state index contributed by atoms with van der Waals surface area (Å²) < 4.78 is 5.92. The molecule has 0 aliphatic carbocycles. The average Bonchev–Trinajstić information content (AvgIpc) is 2.78. The summed E-state index contributed by atoms with van der Waals surface area (Å²) in [5, 5.41) is 0. The van der Waals surface area contributed by atoms with Crippen LogP contribution in [0.2, 0.25) is 0 Å². The maximum Gasteiger partial charge on any atom is 0.119 e. The molecule has 0 bridgehead atoms. The van der Waals surface area contributed by atoms with E-state index in [-0.39, 0.29) is 0 Å². The SMILES string of the molecule is Cc1ccc(OCCN2CCN(CC3CN(c4ccc(C)cc4)CCN3C)CC2)cc1. The molecular weight excluding hydrogens is 384 g/mol. The monoisotopic (exact) mass is 422 g/mol. The number of ether oxygens (including phenoxy) is 1. The quantitative estimate of drug-likeness (QED) is 0.682. The van der Waals surface area contributed by atoms with Crippen LogP contribution in [0.1, 0.15) is 11.1 Å². The highest BCUT2D eigenvalue weighted by Crippen LogP contribution is 2.20. The van der Waals surface area contributed by atoms with E-state index in [1.807, 2.05) is 0 Å². The Bertz CT molecular complexity index is 799. The van der Waals surface area contributed by atoms with E-state index in [0.717, 1.165) is 71.3 Å². The summed E-state index contributed by atoms with van der Waals surface area (Å²) in [6.07, 6.45) is 0. The fourth-order valence-corrected chi connectivity index (χ4v) is 4.55. The van der Waals surface area contributed by atoms with E-state index >= 15 is 0 Å². The molecule has 4 rings (SSSR count).